The van der Waals surface area contributed by atoms with Crippen LogP contribution in [0.4, 0.5) is 13.6 Å². The monoisotopic (exact) mass is 498 g/mol. The van der Waals surface area contributed by atoms with E-state index in [1.54, 1.807) is 29.4 Å². The summed E-state index contributed by atoms with van der Waals surface area (Å²) in [4.78, 5) is 46.8. The Bertz CT molecular complexity index is 1150. The summed E-state index contributed by atoms with van der Waals surface area (Å²) in [6.07, 6.45) is 5.68. The van der Waals surface area contributed by atoms with Gasteiger partial charge in [-0.2, -0.15) is 0 Å². The molecule has 0 unspecified atom stereocenters. The van der Waals surface area contributed by atoms with Crippen LogP contribution in [-0.2, 0) is 26.3 Å². The van der Waals surface area contributed by atoms with E-state index in [0.29, 0.717) is 43.7 Å². The number of nitrogens with one attached hydrogen (secondary N) is 1. The summed E-state index contributed by atoms with van der Waals surface area (Å²) >= 11 is 0. The highest BCUT2D eigenvalue weighted by atomic mass is 19.2. The summed E-state index contributed by atoms with van der Waals surface area (Å²) in [5, 5.41) is 2.98. The number of halogens is 2. The van der Waals surface area contributed by atoms with Gasteiger partial charge in [-0.1, -0.05) is 12.1 Å². The second kappa shape index (κ2) is 9.93. The fourth-order valence-electron chi connectivity index (χ4n) is 5.55. The fraction of sp³-hybridized carbons (Fsp3) is 0.462. The molecular weight excluding hydrogens is 470 g/mol. The molecule has 1 aromatic heterocycles. The highest BCUT2D eigenvalue weighted by molar-refractivity contribution is 6.07. The van der Waals surface area contributed by atoms with Crippen LogP contribution in [0.25, 0.3) is 0 Å². The molecule has 2 atom stereocenters. The van der Waals surface area contributed by atoms with Gasteiger partial charge >= 0.3 is 6.03 Å². The second-order valence-corrected chi connectivity index (χ2v) is 9.61. The summed E-state index contributed by atoms with van der Waals surface area (Å²) in [5.41, 5.74) is -0.250. The van der Waals surface area contributed by atoms with Crippen LogP contribution in [0, 0.1) is 17.6 Å². The van der Waals surface area contributed by atoms with Gasteiger partial charge in [-0.05, 0) is 55.4 Å². The van der Waals surface area contributed by atoms with Crippen LogP contribution in [0.2, 0.25) is 0 Å². The maximum absolute atomic E-state index is 13.9. The van der Waals surface area contributed by atoms with Gasteiger partial charge < -0.3 is 15.0 Å². The number of carbonyl (C=O) groups is 3. The quantitative estimate of drug-likeness (QED) is 0.619. The van der Waals surface area contributed by atoms with Crippen LogP contribution >= 0.6 is 0 Å². The lowest BCUT2D eigenvalue weighted by Crippen LogP contribution is -2.54. The predicted molar refractivity (Wildman–Crippen MR) is 124 cm³/mol. The molecule has 0 spiro atoms. The zero-order chi connectivity index (χ0) is 25.3. The van der Waals surface area contributed by atoms with Gasteiger partial charge in [0.1, 0.15) is 0 Å². The van der Waals surface area contributed by atoms with Crippen LogP contribution in [0.5, 0.6) is 0 Å². The average Bonchev–Trinajstić information content (AvgIpc) is 3.50. The van der Waals surface area contributed by atoms with Crippen molar-refractivity contribution >= 4 is 17.8 Å². The Morgan fingerprint density at radius 1 is 1.14 bits per heavy atom. The van der Waals surface area contributed by atoms with E-state index in [1.165, 1.54) is 11.0 Å². The van der Waals surface area contributed by atoms with Crippen LogP contribution < -0.4 is 5.32 Å². The molecule has 4 amide bonds. The Hall–Kier alpha value is -3.40. The molecule has 0 saturated carbocycles. The topological polar surface area (TPSA) is 91.8 Å². The van der Waals surface area contributed by atoms with Crippen LogP contribution in [0.3, 0.4) is 0 Å². The molecule has 2 aromatic rings. The number of benzene rings is 1. The van der Waals surface area contributed by atoms with Gasteiger partial charge in [0.2, 0.25) is 5.91 Å². The van der Waals surface area contributed by atoms with Crippen molar-refractivity contribution < 1.29 is 27.9 Å². The smallest absolute Gasteiger partial charge is 0.325 e. The number of rotatable bonds is 6. The van der Waals surface area contributed by atoms with Crippen molar-refractivity contribution in [2.45, 2.75) is 43.7 Å². The van der Waals surface area contributed by atoms with Crippen molar-refractivity contribution in [3.05, 3.63) is 65.5 Å². The lowest BCUT2D eigenvalue weighted by Gasteiger charge is -2.41. The van der Waals surface area contributed by atoms with Crippen LogP contribution in [-0.4, -0.2) is 65.0 Å². The Balaban J connectivity index is 1.32. The molecule has 4 heterocycles. The summed E-state index contributed by atoms with van der Waals surface area (Å²) in [6, 6.07) is 6.53. The van der Waals surface area contributed by atoms with Gasteiger partial charge in [0, 0.05) is 37.7 Å². The number of ether oxygens (including phenoxy) is 1. The molecule has 3 aliphatic heterocycles. The molecule has 0 aliphatic carbocycles. The van der Waals surface area contributed by atoms with Crippen molar-refractivity contribution in [3.8, 4) is 0 Å². The van der Waals surface area contributed by atoms with Gasteiger partial charge in [0.05, 0.1) is 19.1 Å². The van der Waals surface area contributed by atoms with Gasteiger partial charge in [-0.3, -0.25) is 19.5 Å². The Morgan fingerprint density at radius 2 is 1.94 bits per heavy atom. The largest absolute Gasteiger partial charge is 0.376 e. The minimum absolute atomic E-state index is 0.0412. The summed E-state index contributed by atoms with van der Waals surface area (Å²) in [5.74, 6) is -2.70. The highest BCUT2D eigenvalue weighted by Gasteiger charge is 2.57. The fourth-order valence-corrected chi connectivity index (χ4v) is 5.55. The number of carbonyl (C=O) groups excluding carboxylic acids is 3. The number of likely N-dealkylation sites (tertiary alicyclic amines) is 1. The van der Waals surface area contributed by atoms with E-state index >= 15 is 0 Å². The SMILES string of the molecule is O=C(Cc1ccc(F)c(F)c1)N1CCC([C@@]2(c3cccnc3)NC(=O)N(C[C@H]3CCCO3)C2=O)CC1. The zero-order valence-corrected chi connectivity index (χ0v) is 19.8. The van der Waals surface area contributed by atoms with E-state index in [4.69, 9.17) is 4.74 Å². The minimum Gasteiger partial charge on any atom is -0.376 e. The van der Waals surface area contributed by atoms with Gasteiger partial charge in [0.15, 0.2) is 17.2 Å². The van der Waals surface area contributed by atoms with Gasteiger partial charge in [-0.25, -0.2) is 13.6 Å². The molecule has 3 saturated heterocycles. The standard InChI is InChI=1S/C26H28F2N4O4/c27-21-6-5-17(13-22(21)28)14-23(33)31-10-7-18(8-11-31)26(19-3-1-9-29-15-19)24(34)32(25(35)30-26)16-20-4-2-12-36-20/h1,3,5-6,9,13,15,18,20H,2,4,7-8,10-12,14,16H2,(H,30,35)/t20-,26+/m1/s1. The van der Waals surface area contributed by atoms with Crippen molar-refractivity contribution in [2.75, 3.05) is 26.2 Å². The molecule has 1 aromatic carbocycles. The highest BCUT2D eigenvalue weighted by Crippen LogP contribution is 2.41. The van der Waals surface area contributed by atoms with E-state index in [-0.39, 0.29) is 36.8 Å². The zero-order valence-electron chi connectivity index (χ0n) is 19.8. The Kier molecular flexibility index (Phi) is 6.70. The molecule has 0 bridgehead atoms. The first-order valence-electron chi connectivity index (χ1n) is 12.3. The third-order valence-electron chi connectivity index (χ3n) is 7.46. The predicted octanol–water partition coefficient (Wildman–Crippen LogP) is 2.77. The number of nitrogens with zero attached hydrogens (tertiary/aromatic N) is 3. The molecular formula is C26H28F2N4O4. The third kappa shape index (κ3) is 4.45. The first-order chi connectivity index (χ1) is 17.4. The summed E-state index contributed by atoms with van der Waals surface area (Å²) in [6.45, 7) is 1.59. The van der Waals surface area contributed by atoms with Crippen molar-refractivity contribution in [1.82, 2.24) is 20.1 Å². The van der Waals surface area contributed by atoms with Crippen LogP contribution in [0.1, 0.15) is 36.8 Å². The molecule has 3 aliphatic rings. The number of pyridine rings is 1. The molecule has 8 nitrogen and oxygen atoms in total. The minimum atomic E-state index is -1.26. The lowest BCUT2D eigenvalue weighted by atomic mass is 9.73. The number of hydrogen-bond donors (Lipinski definition) is 1. The maximum atomic E-state index is 13.9. The Labute approximate surface area is 207 Å². The van der Waals surface area contributed by atoms with E-state index in [2.05, 4.69) is 10.3 Å². The molecule has 1 N–H and O–H groups in total. The number of hydrogen-bond acceptors (Lipinski definition) is 5. The van der Waals surface area contributed by atoms with E-state index in [0.717, 1.165) is 25.0 Å². The summed E-state index contributed by atoms with van der Waals surface area (Å²) < 4.78 is 32.4. The normalized spacial score (nSPS) is 24.9. The number of urea groups is 1. The van der Waals surface area contributed by atoms with Gasteiger partial charge in [0.25, 0.3) is 5.91 Å². The molecule has 5 rings (SSSR count). The number of imide groups is 1. The summed E-state index contributed by atoms with van der Waals surface area (Å²) in [7, 11) is 0. The van der Waals surface area contributed by atoms with Crippen molar-refractivity contribution in [2.24, 2.45) is 5.92 Å². The lowest BCUT2D eigenvalue weighted by molar-refractivity contribution is -0.137. The third-order valence-corrected chi connectivity index (χ3v) is 7.46. The second-order valence-electron chi connectivity index (χ2n) is 9.61. The van der Waals surface area contributed by atoms with E-state index < -0.39 is 23.2 Å². The van der Waals surface area contributed by atoms with Gasteiger partial charge in [-0.15, -0.1) is 0 Å². The molecule has 190 valence electrons. The van der Waals surface area contributed by atoms with Crippen LogP contribution in [0.15, 0.2) is 42.7 Å². The number of aromatic nitrogens is 1. The molecule has 36 heavy (non-hydrogen) atoms. The van der Waals surface area contributed by atoms with Crippen molar-refractivity contribution in [3.63, 3.8) is 0 Å². The number of amides is 4. The molecule has 0 radical (unpaired) electrons. The number of piperidine rings is 1. The molecule has 10 heteroatoms. The molecule has 3 fully saturated rings. The van der Waals surface area contributed by atoms with Crippen molar-refractivity contribution in [1.29, 1.82) is 0 Å². The van der Waals surface area contributed by atoms with E-state index in [9.17, 15) is 23.2 Å². The first-order valence-corrected chi connectivity index (χ1v) is 12.3. The Morgan fingerprint density at radius 3 is 2.61 bits per heavy atom. The first kappa shape index (κ1) is 24.3. The van der Waals surface area contributed by atoms with E-state index in [1.807, 2.05) is 0 Å². The maximum Gasteiger partial charge on any atom is 0.325 e. The average molecular weight is 499 g/mol.